The van der Waals surface area contributed by atoms with Crippen LogP contribution in [0.25, 0.3) is 0 Å². The van der Waals surface area contributed by atoms with Gasteiger partial charge in [0.25, 0.3) is 0 Å². The molecule has 14 heavy (non-hydrogen) atoms. The molecule has 1 unspecified atom stereocenters. The molecule has 0 saturated heterocycles. The van der Waals surface area contributed by atoms with Crippen molar-refractivity contribution < 1.29 is 9.90 Å². The molecule has 2 N–H and O–H groups in total. The summed E-state index contributed by atoms with van der Waals surface area (Å²) < 4.78 is 0. The van der Waals surface area contributed by atoms with Gasteiger partial charge in [0.15, 0.2) is 6.04 Å². The Labute approximate surface area is 87.0 Å². The highest BCUT2D eigenvalue weighted by atomic mass is 32.1. The SMILES string of the molecule is CNC(C(=O)O)c1nc(C(C)C)cs1. The number of aliphatic carboxylic acids is 1. The minimum absolute atomic E-state index is 0.339. The van der Waals surface area contributed by atoms with E-state index >= 15 is 0 Å². The Bertz CT molecular complexity index is 322. The van der Waals surface area contributed by atoms with Gasteiger partial charge in [-0.15, -0.1) is 11.3 Å². The molecule has 0 aliphatic rings. The molecule has 0 radical (unpaired) electrons. The van der Waals surface area contributed by atoms with Crippen molar-refractivity contribution in [2.24, 2.45) is 0 Å². The second kappa shape index (κ2) is 4.52. The van der Waals surface area contributed by atoms with Crippen molar-refractivity contribution in [3.63, 3.8) is 0 Å². The fourth-order valence-electron chi connectivity index (χ4n) is 1.05. The summed E-state index contributed by atoms with van der Waals surface area (Å²) in [6.45, 7) is 4.07. The van der Waals surface area contributed by atoms with E-state index in [9.17, 15) is 4.79 Å². The molecule has 0 saturated carbocycles. The molecular formula is C9H14N2O2S. The zero-order valence-corrected chi connectivity index (χ0v) is 9.26. The number of carboxylic acid groups (broad SMARTS) is 1. The van der Waals surface area contributed by atoms with Gasteiger partial charge in [-0.05, 0) is 13.0 Å². The van der Waals surface area contributed by atoms with Crippen LogP contribution in [-0.2, 0) is 4.79 Å². The Kier molecular flexibility index (Phi) is 3.60. The van der Waals surface area contributed by atoms with E-state index in [0.29, 0.717) is 10.9 Å². The van der Waals surface area contributed by atoms with Crippen LogP contribution in [0, 0.1) is 0 Å². The molecule has 0 aromatic carbocycles. The predicted octanol–water partition coefficient (Wildman–Crippen LogP) is 1.61. The average molecular weight is 214 g/mol. The molecule has 1 aromatic heterocycles. The Morgan fingerprint density at radius 1 is 1.64 bits per heavy atom. The zero-order chi connectivity index (χ0) is 10.7. The predicted molar refractivity (Wildman–Crippen MR) is 55.6 cm³/mol. The van der Waals surface area contributed by atoms with Crippen molar-refractivity contribution in [2.75, 3.05) is 7.05 Å². The maximum atomic E-state index is 10.8. The molecular weight excluding hydrogens is 200 g/mol. The van der Waals surface area contributed by atoms with Crippen LogP contribution in [0.5, 0.6) is 0 Å². The molecule has 1 heterocycles. The summed E-state index contributed by atoms with van der Waals surface area (Å²) in [4.78, 5) is 15.1. The Morgan fingerprint density at radius 2 is 2.29 bits per heavy atom. The normalized spacial score (nSPS) is 13.1. The summed E-state index contributed by atoms with van der Waals surface area (Å²) in [5.41, 5.74) is 0.950. The van der Waals surface area contributed by atoms with Gasteiger partial charge in [0.2, 0.25) is 0 Å². The Hall–Kier alpha value is -0.940. The Balaban J connectivity index is 2.89. The first-order chi connectivity index (χ1) is 6.56. The van der Waals surface area contributed by atoms with Crippen molar-refractivity contribution in [1.29, 1.82) is 0 Å². The summed E-state index contributed by atoms with van der Waals surface area (Å²) >= 11 is 1.38. The van der Waals surface area contributed by atoms with Gasteiger partial charge in [0.1, 0.15) is 5.01 Å². The van der Waals surface area contributed by atoms with Gasteiger partial charge in [0, 0.05) is 5.38 Å². The van der Waals surface area contributed by atoms with Crippen LogP contribution in [0.4, 0.5) is 0 Å². The van der Waals surface area contributed by atoms with E-state index < -0.39 is 12.0 Å². The lowest BCUT2D eigenvalue weighted by Crippen LogP contribution is -2.24. The molecule has 1 rings (SSSR count). The first kappa shape index (κ1) is 11.1. The highest BCUT2D eigenvalue weighted by Crippen LogP contribution is 2.22. The number of hydrogen-bond donors (Lipinski definition) is 2. The van der Waals surface area contributed by atoms with Gasteiger partial charge < -0.3 is 10.4 Å². The van der Waals surface area contributed by atoms with Crippen LogP contribution in [0.1, 0.15) is 36.5 Å². The average Bonchev–Trinajstić information content (AvgIpc) is 2.53. The highest BCUT2D eigenvalue weighted by Gasteiger charge is 2.21. The molecule has 5 heteroatoms. The second-order valence-electron chi connectivity index (χ2n) is 3.33. The second-order valence-corrected chi connectivity index (χ2v) is 4.21. The summed E-state index contributed by atoms with van der Waals surface area (Å²) in [6, 6.07) is -0.688. The van der Waals surface area contributed by atoms with E-state index in [2.05, 4.69) is 10.3 Å². The standard InChI is InChI=1S/C9H14N2O2S/c1-5(2)6-4-14-8(11-6)7(10-3)9(12)13/h4-5,7,10H,1-3H3,(H,12,13). The lowest BCUT2D eigenvalue weighted by Gasteiger charge is -2.06. The van der Waals surface area contributed by atoms with Crippen molar-refractivity contribution in [3.05, 3.63) is 16.1 Å². The van der Waals surface area contributed by atoms with Gasteiger partial charge >= 0.3 is 5.97 Å². The van der Waals surface area contributed by atoms with E-state index in [1.54, 1.807) is 7.05 Å². The molecule has 0 bridgehead atoms. The van der Waals surface area contributed by atoms with Gasteiger partial charge in [-0.1, -0.05) is 13.8 Å². The Morgan fingerprint density at radius 3 is 2.64 bits per heavy atom. The van der Waals surface area contributed by atoms with Crippen LogP contribution >= 0.6 is 11.3 Å². The maximum absolute atomic E-state index is 10.8. The first-order valence-electron chi connectivity index (χ1n) is 4.41. The van der Waals surface area contributed by atoms with Crippen LogP contribution in [0.3, 0.4) is 0 Å². The van der Waals surface area contributed by atoms with Gasteiger partial charge in [-0.2, -0.15) is 0 Å². The number of likely N-dealkylation sites (N-methyl/N-ethyl adjacent to an activating group) is 1. The van der Waals surface area contributed by atoms with E-state index in [4.69, 9.17) is 5.11 Å². The van der Waals surface area contributed by atoms with Crippen molar-refractivity contribution >= 4 is 17.3 Å². The summed E-state index contributed by atoms with van der Waals surface area (Å²) in [6.07, 6.45) is 0. The van der Waals surface area contributed by atoms with Gasteiger partial charge in [-0.3, -0.25) is 4.79 Å². The summed E-state index contributed by atoms with van der Waals surface area (Å²) in [5.74, 6) is -0.552. The third kappa shape index (κ3) is 2.30. The van der Waals surface area contributed by atoms with Crippen LogP contribution in [0.15, 0.2) is 5.38 Å². The highest BCUT2D eigenvalue weighted by molar-refractivity contribution is 7.09. The third-order valence-electron chi connectivity index (χ3n) is 1.91. The lowest BCUT2D eigenvalue weighted by atomic mass is 10.2. The molecule has 0 spiro atoms. The van der Waals surface area contributed by atoms with Gasteiger partial charge in [0.05, 0.1) is 5.69 Å². The van der Waals surface area contributed by atoms with E-state index in [1.807, 2.05) is 19.2 Å². The molecule has 0 aliphatic carbocycles. The number of carboxylic acids is 1. The van der Waals surface area contributed by atoms with E-state index in [-0.39, 0.29) is 0 Å². The molecule has 1 atom stereocenters. The van der Waals surface area contributed by atoms with Crippen LogP contribution < -0.4 is 5.32 Å². The minimum Gasteiger partial charge on any atom is -0.480 e. The fourth-order valence-corrected chi connectivity index (χ4v) is 2.13. The maximum Gasteiger partial charge on any atom is 0.327 e. The number of nitrogens with zero attached hydrogens (tertiary/aromatic N) is 1. The number of rotatable bonds is 4. The molecule has 0 fully saturated rings. The van der Waals surface area contributed by atoms with Crippen LogP contribution in [0.2, 0.25) is 0 Å². The largest absolute Gasteiger partial charge is 0.480 e. The number of aromatic nitrogens is 1. The van der Waals surface area contributed by atoms with Gasteiger partial charge in [-0.25, -0.2) is 4.98 Å². The topological polar surface area (TPSA) is 62.2 Å². The van der Waals surface area contributed by atoms with Crippen molar-refractivity contribution in [2.45, 2.75) is 25.8 Å². The molecule has 0 amide bonds. The zero-order valence-electron chi connectivity index (χ0n) is 8.44. The van der Waals surface area contributed by atoms with E-state index in [1.165, 1.54) is 11.3 Å². The lowest BCUT2D eigenvalue weighted by molar-refractivity contribution is -0.139. The number of nitrogens with one attached hydrogen (secondary N) is 1. The van der Waals surface area contributed by atoms with E-state index in [0.717, 1.165) is 5.69 Å². The van der Waals surface area contributed by atoms with Crippen molar-refractivity contribution in [1.82, 2.24) is 10.3 Å². The van der Waals surface area contributed by atoms with Crippen LogP contribution in [-0.4, -0.2) is 23.1 Å². The smallest absolute Gasteiger partial charge is 0.327 e. The summed E-state index contributed by atoms with van der Waals surface area (Å²) in [5, 5.41) is 14.1. The molecule has 0 aliphatic heterocycles. The monoisotopic (exact) mass is 214 g/mol. The minimum atomic E-state index is -0.892. The number of hydrogen-bond acceptors (Lipinski definition) is 4. The number of carbonyl (C=O) groups is 1. The van der Waals surface area contributed by atoms with Crippen molar-refractivity contribution in [3.8, 4) is 0 Å². The molecule has 78 valence electrons. The third-order valence-corrected chi connectivity index (χ3v) is 2.84. The number of thiazole rings is 1. The molecule has 4 nitrogen and oxygen atoms in total. The first-order valence-corrected chi connectivity index (χ1v) is 5.29. The fraction of sp³-hybridized carbons (Fsp3) is 0.556. The molecule has 1 aromatic rings. The quantitative estimate of drug-likeness (QED) is 0.799. The summed E-state index contributed by atoms with van der Waals surface area (Å²) in [7, 11) is 1.62.